The highest BCUT2D eigenvalue weighted by molar-refractivity contribution is 5.80. The van der Waals surface area contributed by atoms with Gasteiger partial charge in [0, 0.05) is 53.2 Å². The number of carbonyl (C=O) groups is 1. The molecular formula is C20H39N5O. The third kappa shape index (κ3) is 6.78. The van der Waals surface area contributed by atoms with Gasteiger partial charge in [0.1, 0.15) is 0 Å². The smallest absolute Gasteiger partial charge is 0.220 e. The maximum atomic E-state index is 11.5. The van der Waals surface area contributed by atoms with Crippen molar-refractivity contribution in [3.8, 4) is 0 Å². The molecule has 0 spiro atoms. The number of piperidine rings is 2. The van der Waals surface area contributed by atoms with E-state index in [0.717, 1.165) is 56.7 Å². The van der Waals surface area contributed by atoms with Crippen LogP contribution >= 0.6 is 0 Å². The largest absolute Gasteiger partial charge is 0.359 e. The third-order valence-electron chi connectivity index (χ3n) is 5.76. The van der Waals surface area contributed by atoms with Gasteiger partial charge in [-0.25, -0.2) is 0 Å². The highest BCUT2D eigenvalue weighted by Gasteiger charge is 2.23. The number of carbonyl (C=O) groups excluding carboxylic acids is 1. The van der Waals surface area contributed by atoms with Crippen molar-refractivity contribution < 1.29 is 4.79 Å². The predicted octanol–water partition coefficient (Wildman–Crippen LogP) is 1.78. The molecule has 0 bridgehead atoms. The normalized spacial score (nSPS) is 26.0. The Balaban J connectivity index is 1.64. The highest BCUT2D eigenvalue weighted by Crippen LogP contribution is 2.21. The Morgan fingerprint density at radius 3 is 2.38 bits per heavy atom. The highest BCUT2D eigenvalue weighted by atomic mass is 16.1. The molecular weight excluding hydrogens is 326 g/mol. The minimum Gasteiger partial charge on any atom is -0.359 e. The summed E-state index contributed by atoms with van der Waals surface area (Å²) in [6.45, 7) is 11.4. The van der Waals surface area contributed by atoms with E-state index in [1.54, 1.807) is 7.05 Å². The summed E-state index contributed by atoms with van der Waals surface area (Å²) in [6, 6.07) is 0. The molecule has 2 unspecified atom stereocenters. The van der Waals surface area contributed by atoms with Crippen LogP contribution in [0.1, 0.15) is 46.0 Å². The summed E-state index contributed by atoms with van der Waals surface area (Å²) < 4.78 is 0. The second-order valence-electron chi connectivity index (χ2n) is 8.34. The molecule has 2 heterocycles. The van der Waals surface area contributed by atoms with Gasteiger partial charge in [-0.15, -0.1) is 0 Å². The van der Waals surface area contributed by atoms with Crippen LogP contribution in [0.15, 0.2) is 4.99 Å². The summed E-state index contributed by atoms with van der Waals surface area (Å²) >= 11 is 0. The lowest BCUT2D eigenvalue weighted by molar-refractivity contribution is -0.121. The van der Waals surface area contributed by atoms with Gasteiger partial charge in [-0.2, -0.15) is 0 Å². The Morgan fingerprint density at radius 1 is 1.15 bits per heavy atom. The number of amides is 1. The zero-order chi connectivity index (χ0) is 18.9. The van der Waals surface area contributed by atoms with E-state index in [1.807, 2.05) is 7.05 Å². The minimum absolute atomic E-state index is 0.160. The van der Waals surface area contributed by atoms with E-state index in [0.29, 0.717) is 12.3 Å². The van der Waals surface area contributed by atoms with Gasteiger partial charge in [-0.05, 0) is 50.0 Å². The number of rotatable bonds is 6. The van der Waals surface area contributed by atoms with E-state index >= 15 is 0 Å². The lowest BCUT2D eigenvalue weighted by Crippen LogP contribution is -2.46. The van der Waals surface area contributed by atoms with Gasteiger partial charge in [0.2, 0.25) is 5.91 Å². The van der Waals surface area contributed by atoms with E-state index in [2.05, 4.69) is 39.3 Å². The topological polar surface area (TPSA) is 60.0 Å². The monoisotopic (exact) mass is 365 g/mol. The van der Waals surface area contributed by atoms with Crippen LogP contribution < -0.4 is 10.6 Å². The van der Waals surface area contributed by atoms with Crippen molar-refractivity contribution in [2.75, 3.05) is 53.4 Å². The Bertz CT molecular complexity index is 449. The average molecular weight is 366 g/mol. The van der Waals surface area contributed by atoms with Crippen molar-refractivity contribution in [1.29, 1.82) is 0 Å². The summed E-state index contributed by atoms with van der Waals surface area (Å²) in [4.78, 5) is 21.0. The molecule has 6 heteroatoms. The number of hydrogen-bond acceptors (Lipinski definition) is 3. The number of nitrogens with zero attached hydrogens (tertiary/aromatic N) is 3. The van der Waals surface area contributed by atoms with Crippen LogP contribution in [0.2, 0.25) is 0 Å². The van der Waals surface area contributed by atoms with Gasteiger partial charge in [-0.3, -0.25) is 9.79 Å². The van der Waals surface area contributed by atoms with Crippen LogP contribution in [0, 0.1) is 17.8 Å². The van der Waals surface area contributed by atoms with Gasteiger partial charge in [0.05, 0.1) is 0 Å². The molecule has 0 radical (unpaired) electrons. The van der Waals surface area contributed by atoms with Crippen LogP contribution in [0.3, 0.4) is 0 Å². The number of likely N-dealkylation sites (tertiary alicyclic amines) is 2. The quantitative estimate of drug-likeness (QED) is 0.428. The maximum absolute atomic E-state index is 11.5. The van der Waals surface area contributed by atoms with Crippen LogP contribution in [0.4, 0.5) is 0 Å². The van der Waals surface area contributed by atoms with Crippen LogP contribution in [-0.2, 0) is 4.79 Å². The lowest BCUT2D eigenvalue weighted by Gasteiger charge is -2.35. The molecule has 2 fully saturated rings. The van der Waals surface area contributed by atoms with Crippen LogP contribution in [0.25, 0.3) is 0 Å². The van der Waals surface area contributed by atoms with Gasteiger partial charge in [-0.1, -0.05) is 13.8 Å². The van der Waals surface area contributed by atoms with Crippen molar-refractivity contribution in [2.45, 2.75) is 46.0 Å². The first-order chi connectivity index (χ1) is 12.5. The Labute approximate surface area is 159 Å². The molecule has 2 N–H and O–H groups in total. The van der Waals surface area contributed by atoms with E-state index in [-0.39, 0.29) is 5.91 Å². The number of hydrogen-bond donors (Lipinski definition) is 2. The van der Waals surface area contributed by atoms with Crippen molar-refractivity contribution in [3.05, 3.63) is 0 Å². The minimum atomic E-state index is 0.160. The van der Waals surface area contributed by atoms with Crippen LogP contribution in [-0.4, -0.2) is 75.0 Å². The van der Waals surface area contributed by atoms with Gasteiger partial charge in [0.25, 0.3) is 0 Å². The van der Waals surface area contributed by atoms with E-state index in [9.17, 15) is 4.79 Å². The first-order valence-corrected chi connectivity index (χ1v) is 10.4. The molecule has 0 aromatic rings. The van der Waals surface area contributed by atoms with E-state index in [4.69, 9.17) is 0 Å². The summed E-state index contributed by atoms with van der Waals surface area (Å²) in [7, 11) is 3.58. The van der Waals surface area contributed by atoms with E-state index in [1.165, 1.54) is 26.1 Å². The zero-order valence-electron chi connectivity index (χ0n) is 17.3. The molecule has 0 saturated carbocycles. The summed E-state index contributed by atoms with van der Waals surface area (Å²) in [5.41, 5.74) is 0. The van der Waals surface area contributed by atoms with Crippen LogP contribution in [0.5, 0.6) is 0 Å². The fourth-order valence-corrected chi connectivity index (χ4v) is 4.52. The molecule has 2 saturated heterocycles. The number of aliphatic imine (C=N–C) groups is 1. The van der Waals surface area contributed by atoms with Gasteiger partial charge >= 0.3 is 0 Å². The molecule has 6 nitrogen and oxygen atoms in total. The Kier molecular flexibility index (Phi) is 8.69. The van der Waals surface area contributed by atoms with Crippen molar-refractivity contribution in [1.82, 2.24) is 20.4 Å². The summed E-state index contributed by atoms with van der Waals surface area (Å²) in [6.07, 6.45) is 5.32. The van der Waals surface area contributed by atoms with Gasteiger partial charge < -0.3 is 20.4 Å². The number of guanidine groups is 1. The summed E-state index contributed by atoms with van der Waals surface area (Å²) in [5.74, 6) is 3.34. The molecule has 0 aromatic heterocycles. The first kappa shape index (κ1) is 21.0. The van der Waals surface area contributed by atoms with Gasteiger partial charge in [0.15, 0.2) is 5.96 Å². The molecule has 2 atom stereocenters. The van der Waals surface area contributed by atoms with E-state index < -0.39 is 0 Å². The van der Waals surface area contributed by atoms with Crippen molar-refractivity contribution in [2.24, 2.45) is 22.7 Å². The second-order valence-corrected chi connectivity index (χ2v) is 8.34. The van der Waals surface area contributed by atoms with Crippen molar-refractivity contribution in [3.63, 3.8) is 0 Å². The molecule has 26 heavy (non-hydrogen) atoms. The fourth-order valence-electron chi connectivity index (χ4n) is 4.52. The molecule has 2 aliphatic rings. The third-order valence-corrected chi connectivity index (χ3v) is 5.76. The lowest BCUT2D eigenvalue weighted by atomic mass is 9.92. The first-order valence-electron chi connectivity index (χ1n) is 10.4. The Hall–Kier alpha value is -1.30. The van der Waals surface area contributed by atoms with Crippen molar-refractivity contribution >= 4 is 11.9 Å². The zero-order valence-corrected chi connectivity index (χ0v) is 17.3. The average Bonchev–Trinajstić information content (AvgIpc) is 2.62. The standard InChI is InChI=1S/C20H39N5O/c1-16-12-17(2)15-24(14-16)9-5-8-23-20(22-4)25-10-6-18(7-11-25)13-19(26)21-3/h16-18H,5-15H2,1-4H3,(H,21,26)(H,22,23). The summed E-state index contributed by atoms with van der Waals surface area (Å²) in [5, 5.41) is 6.27. The molecule has 150 valence electrons. The molecule has 0 aliphatic carbocycles. The second kappa shape index (κ2) is 10.8. The number of nitrogens with one attached hydrogen (secondary N) is 2. The SMILES string of the molecule is CN=C(NCCCN1CC(C)CC(C)C1)N1CCC(CC(=O)NC)CC1. The molecule has 2 aliphatic heterocycles. The molecule has 0 aromatic carbocycles. The Morgan fingerprint density at radius 2 is 1.81 bits per heavy atom. The molecule has 1 amide bonds. The predicted molar refractivity (Wildman–Crippen MR) is 108 cm³/mol. The maximum Gasteiger partial charge on any atom is 0.220 e. The molecule has 2 rings (SSSR count). The fraction of sp³-hybridized carbons (Fsp3) is 0.900.